The first-order chi connectivity index (χ1) is 23.6. The molecule has 1 unspecified atom stereocenters. The van der Waals surface area contributed by atoms with Crippen LogP contribution in [0.25, 0.3) is 0 Å². The number of rotatable bonds is 7. The molecule has 0 aromatic carbocycles. The third-order valence-electron chi connectivity index (χ3n) is 12.6. The fraction of sp³-hybridized carbons (Fsp3) is 0.952. The maximum Gasteiger partial charge on any atom is 0.160 e. The molecule has 1 atom stereocenters. The number of ether oxygens (including phenoxy) is 2. The molecule has 2 saturated heterocycles. The van der Waals surface area contributed by atoms with Crippen LogP contribution in [0, 0.1) is 16.7 Å². The zero-order valence-corrected chi connectivity index (χ0v) is 31.1. The molecule has 1 spiro atoms. The Balaban J connectivity index is 0.000000156. The summed E-state index contributed by atoms with van der Waals surface area (Å²) in [6.45, 7) is 3.09. The van der Waals surface area contributed by atoms with Gasteiger partial charge in [-0.25, -0.2) is 0 Å². The van der Waals surface area contributed by atoms with E-state index in [-0.39, 0.29) is 5.41 Å². The number of aliphatic hydroxyl groups is 2. The van der Waals surface area contributed by atoms with E-state index in [1.807, 2.05) is 0 Å². The van der Waals surface area contributed by atoms with Gasteiger partial charge in [-0.3, -0.25) is 9.98 Å². The lowest BCUT2D eigenvalue weighted by molar-refractivity contribution is -0.212. The van der Waals surface area contributed by atoms with Crippen LogP contribution in [0.15, 0.2) is 9.98 Å². The maximum absolute atomic E-state index is 9.76. The molecule has 6 nitrogen and oxygen atoms in total. The minimum absolute atomic E-state index is 0.149. The van der Waals surface area contributed by atoms with Crippen LogP contribution in [0.3, 0.4) is 0 Å². The second-order valence-corrected chi connectivity index (χ2v) is 16.5. The molecule has 48 heavy (non-hydrogen) atoms. The molecule has 5 aliphatic carbocycles. The Labute approximate surface area is 295 Å². The van der Waals surface area contributed by atoms with Gasteiger partial charge in [0.2, 0.25) is 0 Å². The number of hydrogen-bond acceptors (Lipinski definition) is 6. The molecule has 0 aromatic rings. The highest BCUT2D eigenvalue weighted by atomic mass is 16.6. The van der Waals surface area contributed by atoms with Gasteiger partial charge in [-0.2, -0.15) is 0 Å². The van der Waals surface area contributed by atoms with Crippen LogP contribution >= 0.6 is 0 Å². The van der Waals surface area contributed by atoms with E-state index in [0.29, 0.717) is 24.1 Å². The van der Waals surface area contributed by atoms with Crippen molar-refractivity contribution in [2.24, 2.45) is 26.7 Å². The van der Waals surface area contributed by atoms with Gasteiger partial charge < -0.3 is 19.7 Å². The second-order valence-electron chi connectivity index (χ2n) is 16.5. The first-order valence-corrected chi connectivity index (χ1v) is 21.2. The van der Waals surface area contributed by atoms with Crippen molar-refractivity contribution in [3.8, 4) is 0 Å². The van der Waals surface area contributed by atoms with Crippen LogP contribution in [0.1, 0.15) is 193 Å². The molecule has 7 rings (SSSR count). The van der Waals surface area contributed by atoms with Gasteiger partial charge in [0.25, 0.3) is 0 Å². The summed E-state index contributed by atoms with van der Waals surface area (Å²) in [6, 6.07) is 1.29. The Morgan fingerprint density at radius 2 is 1.04 bits per heavy atom. The van der Waals surface area contributed by atoms with E-state index >= 15 is 0 Å². The first kappa shape index (κ1) is 40.0. The summed E-state index contributed by atoms with van der Waals surface area (Å²) in [4.78, 5) is 9.71. The fourth-order valence-electron chi connectivity index (χ4n) is 9.20. The van der Waals surface area contributed by atoms with Gasteiger partial charge in [-0.1, -0.05) is 96.3 Å². The minimum atomic E-state index is -0.466. The molecule has 278 valence electrons. The van der Waals surface area contributed by atoms with Gasteiger partial charge in [0.1, 0.15) is 0 Å². The highest BCUT2D eigenvalue weighted by molar-refractivity contribution is 5.66. The molecule has 2 N–H and O–H groups in total. The number of aliphatic hydroxyl groups excluding tert-OH is 2. The number of hydrogen-bond donors (Lipinski definition) is 2. The van der Waals surface area contributed by atoms with Crippen LogP contribution in [0.2, 0.25) is 0 Å². The largest absolute Gasteiger partial charge is 0.396 e. The smallest absolute Gasteiger partial charge is 0.160 e. The predicted molar refractivity (Wildman–Crippen MR) is 201 cm³/mol. The molecule has 2 aliphatic heterocycles. The molecule has 7 fully saturated rings. The Hall–Kier alpha value is -0.820. The SMILES string of the molecule is C(=NC1CCCCC1)C1CCCCC1.C1COC1.OC1OCCCC12CCCCC2.OCCCC1(C=NC2CCCCC2)CCCCC1. The Morgan fingerprint density at radius 1 is 0.562 bits per heavy atom. The topological polar surface area (TPSA) is 83.6 Å². The predicted octanol–water partition coefficient (Wildman–Crippen LogP) is 10.6. The van der Waals surface area contributed by atoms with Gasteiger partial charge in [0.15, 0.2) is 6.29 Å². The van der Waals surface area contributed by atoms with Crippen LogP contribution in [-0.4, -0.2) is 67.4 Å². The number of nitrogens with zero attached hydrogens (tertiary/aromatic N) is 2. The summed E-state index contributed by atoms with van der Waals surface area (Å²) in [5.74, 6) is 0.825. The fourth-order valence-corrected chi connectivity index (χ4v) is 9.20. The van der Waals surface area contributed by atoms with Crippen molar-refractivity contribution in [2.45, 2.75) is 211 Å². The molecule has 0 radical (unpaired) electrons. The van der Waals surface area contributed by atoms with Crippen molar-refractivity contribution in [1.82, 2.24) is 0 Å². The van der Waals surface area contributed by atoms with Gasteiger partial charge in [-0.05, 0) is 102 Å². The van der Waals surface area contributed by atoms with Crippen molar-refractivity contribution < 1.29 is 19.7 Å². The van der Waals surface area contributed by atoms with Gasteiger partial charge in [-0.15, -0.1) is 0 Å². The molecular formula is C42H76N2O4. The number of aliphatic imine (C=N–C) groups is 2. The average Bonchev–Trinajstić information content (AvgIpc) is 3.12. The van der Waals surface area contributed by atoms with E-state index in [2.05, 4.69) is 12.4 Å². The molecular weight excluding hydrogens is 596 g/mol. The second kappa shape index (κ2) is 23.6. The van der Waals surface area contributed by atoms with Crippen LogP contribution < -0.4 is 0 Å². The quantitative estimate of drug-likeness (QED) is 0.264. The van der Waals surface area contributed by atoms with E-state index in [9.17, 15) is 5.11 Å². The Morgan fingerprint density at radius 3 is 1.56 bits per heavy atom. The van der Waals surface area contributed by atoms with E-state index in [1.54, 1.807) is 0 Å². The normalized spacial score (nSPS) is 28.3. The van der Waals surface area contributed by atoms with Crippen LogP contribution in [-0.2, 0) is 9.47 Å². The monoisotopic (exact) mass is 673 g/mol. The van der Waals surface area contributed by atoms with E-state index in [1.165, 1.54) is 173 Å². The lowest BCUT2D eigenvalue weighted by Crippen LogP contribution is -2.42. The zero-order valence-electron chi connectivity index (χ0n) is 31.1. The average molecular weight is 673 g/mol. The van der Waals surface area contributed by atoms with Crippen molar-refractivity contribution in [3.05, 3.63) is 0 Å². The third-order valence-corrected chi connectivity index (χ3v) is 12.6. The summed E-state index contributed by atoms with van der Waals surface area (Å²) in [5.41, 5.74) is 0.481. The zero-order chi connectivity index (χ0) is 33.6. The van der Waals surface area contributed by atoms with Crippen molar-refractivity contribution >= 4 is 12.4 Å². The van der Waals surface area contributed by atoms with E-state index < -0.39 is 6.29 Å². The van der Waals surface area contributed by atoms with Crippen LogP contribution in [0.5, 0.6) is 0 Å². The Bertz CT molecular complexity index is 811. The molecule has 0 aromatic heterocycles. The summed E-state index contributed by atoms with van der Waals surface area (Å²) < 4.78 is 10.0. The lowest BCUT2D eigenvalue weighted by atomic mass is 9.70. The lowest BCUT2D eigenvalue weighted by Gasteiger charge is -2.43. The van der Waals surface area contributed by atoms with Crippen molar-refractivity contribution in [2.75, 3.05) is 26.4 Å². The molecule has 6 heteroatoms. The first-order valence-electron chi connectivity index (χ1n) is 21.2. The molecule has 7 aliphatic rings. The molecule has 0 bridgehead atoms. The molecule has 0 amide bonds. The summed E-state index contributed by atoms with van der Waals surface area (Å²) in [6.07, 6.45) is 43.6. The summed E-state index contributed by atoms with van der Waals surface area (Å²) in [7, 11) is 0. The van der Waals surface area contributed by atoms with E-state index in [0.717, 1.165) is 45.0 Å². The minimum Gasteiger partial charge on any atom is -0.396 e. The van der Waals surface area contributed by atoms with Crippen molar-refractivity contribution in [1.29, 1.82) is 0 Å². The van der Waals surface area contributed by atoms with Gasteiger partial charge in [0, 0.05) is 61.8 Å². The maximum atomic E-state index is 9.76. The molecule has 2 heterocycles. The van der Waals surface area contributed by atoms with Crippen molar-refractivity contribution in [3.63, 3.8) is 0 Å². The van der Waals surface area contributed by atoms with Gasteiger partial charge in [0.05, 0.1) is 0 Å². The van der Waals surface area contributed by atoms with Crippen LogP contribution in [0.4, 0.5) is 0 Å². The third kappa shape index (κ3) is 14.8. The summed E-state index contributed by atoms with van der Waals surface area (Å²) >= 11 is 0. The Kier molecular flexibility index (Phi) is 19.7. The standard InChI is InChI=1S/C16H29NO.C13H23N.C10H18O2.C3H6O/c18-13-7-12-16(10-5-2-6-11-16)14-17-15-8-3-1-4-9-15;1-3-7-12(8-4-1)11-14-13-9-5-2-6-10-13;11-9-10(7-4-8-12-9)5-2-1-3-6-10;1-2-4-3-1/h14-15,18H,1-13H2;11-13H,1-10H2;9,11H,1-8H2;1-3H2. The van der Waals surface area contributed by atoms with E-state index in [4.69, 9.17) is 24.6 Å². The highest BCUT2D eigenvalue weighted by Gasteiger charge is 2.41. The highest BCUT2D eigenvalue weighted by Crippen LogP contribution is 2.45. The summed E-state index contributed by atoms with van der Waals surface area (Å²) in [5, 5.41) is 18.8. The van der Waals surface area contributed by atoms with Gasteiger partial charge >= 0.3 is 0 Å². The molecule has 5 saturated carbocycles.